The molecular formula is C18H13N5OS. The van der Waals surface area contributed by atoms with Crippen molar-refractivity contribution in [2.24, 2.45) is 0 Å². The van der Waals surface area contributed by atoms with Crippen LogP contribution in [0.2, 0.25) is 0 Å². The molecule has 4 rings (SSSR count). The van der Waals surface area contributed by atoms with Gasteiger partial charge < -0.3 is 10.6 Å². The summed E-state index contributed by atoms with van der Waals surface area (Å²) >= 11 is 1.36. The van der Waals surface area contributed by atoms with Crippen LogP contribution in [0.5, 0.6) is 0 Å². The second kappa shape index (κ2) is 6.66. The van der Waals surface area contributed by atoms with E-state index in [1.807, 2.05) is 42.5 Å². The monoisotopic (exact) mass is 347 g/mol. The number of hydrogen-bond donors (Lipinski definition) is 2. The molecule has 0 aliphatic heterocycles. The lowest BCUT2D eigenvalue weighted by molar-refractivity contribution is 0.102. The van der Waals surface area contributed by atoms with E-state index in [2.05, 4.69) is 25.6 Å². The van der Waals surface area contributed by atoms with Gasteiger partial charge in [0.2, 0.25) is 0 Å². The van der Waals surface area contributed by atoms with Crippen molar-refractivity contribution >= 4 is 44.7 Å². The Balaban J connectivity index is 1.53. The highest BCUT2D eigenvalue weighted by atomic mass is 32.1. The van der Waals surface area contributed by atoms with Gasteiger partial charge in [0.05, 0.1) is 23.1 Å². The van der Waals surface area contributed by atoms with Crippen LogP contribution in [0.3, 0.4) is 0 Å². The largest absolute Gasteiger partial charge is 0.330 e. The van der Waals surface area contributed by atoms with E-state index in [4.69, 9.17) is 0 Å². The molecule has 0 spiro atoms. The van der Waals surface area contributed by atoms with Crippen LogP contribution in [0, 0.1) is 0 Å². The third-order valence-electron chi connectivity index (χ3n) is 3.54. The van der Waals surface area contributed by atoms with Gasteiger partial charge in [-0.05, 0) is 36.4 Å². The Bertz CT molecular complexity index is 1030. The van der Waals surface area contributed by atoms with Gasteiger partial charge in [0.15, 0.2) is 5.13 Å². The Morgan fingerprint density at radius 2 is 1.96 bits per heavy atom. The highest BCUT2D eigenvalue weighted by Gasteiger charge is 2.12. The average molecular weight is 347 g/mol. The van der Waals surface area contributed by atoms with E-state index in [0.717, 1.165) is 16.6 Å². The lowest BCUT2D eigenvalue weighted by atomic mass is 10.2. The molecule has 0 atom stereocenters. The summed E-state index contributed by atoms with van der Waals surface area (Å²) in [7, 11) is 0. The summed E-state index contributed by atoms with van der Waals surface area (Å²) in [5.41, 5.74) is 2.73. The Morgan fingerprint density at radius 3 is 2.84 bits per heavy atom. The maximum absolute atomic E-state index is 12.5. The first-order chi connectivity index (χ1) is 12.3. The number of anilines is 3. The summed E-state index contributed by atoms with van der Waals surface area (Å²) in [4.78, 5) is 25.2. The first-order valence-corrected chi connectivity index (χ1v) is 8.45. The smallest absolute Gasteiger partial charge is 0.275 e. The molecule has 122 valence electrons. The van der Waals surface area contributed by atoms with Crippen molar-refractivity contribution < 1.29 is 4.79 Å². The molecule has 2 N–H and O–H groups in total. The molecule has 6 nitrogen and oxygen atoms in total. The number of hydrogen-bond acceptors (Lipinski definition) is 6. The maximum atomic E-state index is 12.5. The number of thiazole rings is 1. The number of fused-ring (bicyclic) bond motifs is 1. The zero-order chi connectivity index (χ0) is 17.1. The van der Waals surface area contributed by atoms with Crippen molar-refractivity contribution in [3.05, 3.63) is 72.1 Å². The summed E-state index contributed by atoms with van der Waals surface area (Å²) in [5.74, 6) is -0.258. The fourth-order valence-corrected chi connectivity index (χ4v) is 3.11. The summed E-state index contributed by atoms with van der Waals surface area (Å²) in [5, 5.41) is 9.28. The highest BCUT2D eigenvalue weighted by molar-refractivity contribution is 7.14. The van der Waals surface area contributed by atoms with Crippen molar-refractivity contribution in [1.29, 1.82) is 0 Å². The third-order valence-corrected chi connectivity index (χ3v) is 4.30. The molecule has 0 unspecified atom stereocenters. The van der Waals surface area contributed by atoms with Crippen LogP contribution < -0.4 is 10.6 Å². The molecule has 0 saturated carbocycles. The van der Waals surface area contributed by atoms with Gasteiger partial charge in [0.25, 0.3) is 5.91 Å². The molecule has 0 radical (unpaired) electrons. The van der Waals surface area contributed by atoms with Gasteiger partial charge in [-0.3, -0.25) is 14.8 Å². The first-order valence-electron chi connectivity index (χ1n) is 7.57. The fraction of sp³-hybridized carbons (Fsp3) is 0. The van der Waals surface area contributed by atoms with Gasteiger partial charge in [-0.1, -0.05) is 6.07 Å². The second-order valence-electron chi connectivity index (χ2n) is 5.23. The number of pyridine rings is 2. The third kappa shape index (κ3) is 3.31. The minimum Gasteiger partial charge on any atom is -0.330 e. The van der Waals surface area contributed by atoms with Crippen LogP contribution in [0.1, 0.15) is 10.5 Å². The van der Waals surface area contributed by atoms with E-state index in [1.54, 1.807) is 24.0 Å². The van der Waals surface area contributed by atoms with E-state index >= 15 is 0 Å². The number of carbonyl (C=O) groups is 1. The van der Waals surface area contributed by atoms with Gasteiger partial charge in [-0.2, -0.15) is 0 Å². The van der Waals surface area contributed by atoms with E-state index in [1.165, 1.54) is 11.3 Å². The van der Waals surface area contributed by atoms with Crippen LogP contribution in [-0.4, -0.2) is 20.9 Å². The summed E-state index contributed by atoms with van der Waals surface area (Å²) in [6.45, 7) is 0. The number of nitrogens with one attached hydrogen (secondary N) is 2. The van der Waals surface area contributed by atoms with Crippen molar-refractivity contribution in [1.82, 2.24) is 15.0 Å². The van der Waals surface area contributed by atoms with Gasteiger partial charge in [-0.15, -0.1) is 11.3 Å². The lowest BCUT2D eigenvalue weighted by Crippen LogP contribution is -2.12. The predicted molar refractivity (Wildman–Crippen MR) is 99.3 cm³/mol. The SMILES string of the molecule is O=C(Nc1cccc2ncccc12)c1csc(Nc2cccnc2)n1. The minimum atomic E-state index is -0.258. The Kier molecular flexibility index (Phi) is 4.05. The quantitative estimate of drug-likeness (QED) is 0.581. The van der Waals surface area contributed by atoms with Crippen LogP contribution >= 0.6 is 11.3 Å². The van der Waals surface area contributed by atoms with Crippen LogP contribution in [0.4, 0.5) is 16.5 Å². The number of nitrogens with zero attached hydrogens (tertiary/aromatic N) is 3. The van der Waals surface area contributed by atoms with E-state index in [0.29, 0.717) is 16.5 Å². The zero-order valence-corrected chi connectivity index (χ0v) is 13.8. The molecule has 1 aromatic carbocycles. The highest BCUT2D eigenvalue weighted by Crippen LogP contribution is 2.24. The number of rotatable bonds is 4. The summed E-state index contributed by atoms with van der Waals surface area (Å²) < 4.78 is 0. The molecule has 3 heterocycles. The van der Waals surface area contributed by atoms with Crippen LogP contribution in [0.25, 0.3) is 10.9 Å². The van der Waals surface area contributed by atoms with Crippen molar-refractivity contribution in [2.75, 3.05) is 10.6 Å². The van der Waals surface area contributed by atoms with Gasteiger partial charge in [-0.25, -0.2) is 4.98 Å². The Morgan fingerprint density at radius 1 is 1.04 bits per heavy atom. The average Bonchev–Trinajstić information content (AvgIpc) is 3.11. The number of carbonyl (C=O) groups excluding carboxylic acids is 1. The maximum Gasteiger partial charge on any atom is 0.275 e. The van der Waals surface area contributed by atoms with Gasteiger partial charge >= 0.3 is 0 Å². The molecular weight excluding hydrogens is 334 g/mol. The van der Waals surface area contributed by atoms with Crippen molar-refractivity contribution in [2.45, 2.75) is 0 Å². The predicted octanol–water partition coefficient (Wildman–Crippen LogP) is 4.08. The normalized spacial score (nSPS) is 10.6. The minimum absolute atomic E-state index is 0.258. The molecule has 3 aromatic heterocycles. The summed E-state index contributed by atoms with van der Waals surface area (Å²) in [6.07, 6.45) is 5.12. The van der Waals surface area contributed by atoms with Crippen LogP contribution in [-0.2, 0) is 0 Å². The fourth-order valence-electron chi connectivity index (χ4n) is 2.39. The molecule has 25 heavy (non-hydrogen) atoms. The zero-order valence-electron chi connectivity index (χ0n) is 13.0. The summed E-state index contributed by atoms with van der Waals surface area (Å²) in [6, 6.07) is 13.1. The molecule has 0 saturated heterocycles. The van der Waals surface area contributed by atoms with Crippen molar-refractivity contribution in [3.8, 4) is 0 Å². The molecule has 0 aliphatic carbocycles. The number of amides is 1. The molecule has 0 bridgehead atoms. The van der Waals surface area contributed by atoms with E-state index in [-0.39, 0.29) is 5.91 Å². The van der Waals surface area contributed by atoms with E-state index < -0.39 is 0 Å². The molecule has 4 aromatic rings. The Hall–Kier alpha value is -3.32. The molecule has 1 amide bonds. The van der Waals surface area contributed by atoms with Gasteiger partial charge in [0.1, 0.15) is 5.69 Å². The number of aromatic nitrogens is 3. The first kappa shape index (κ1) is 15.2. The standard InChI is InChI=1S/C18H13N5OS/c24-17(22-15-7-1-6-14-13(15)5-3-9-20-14)16-11-25-18(23-16)21-12-4-2-8-19-10-12/h1-11H,(H,21,23)(H,22,24). The molecule has 7 heteroatoms. The topological polar surface area (TPSA) is 79.8 Å². The second-order valence-corrected chi connectivity index (χ2v) is 6.09. The van der Waals surface area contributed by atoms with Crippen molar-refractivity contribution in [3.63, 3.8) is 0 Å². The van der Waals surface area contributed by atoms with Gasteiger partial charge in [0, 0.05) is 23.2 Å². The van der Waals surface area contributed by atoms with E-state index in [9.17, 15) is 4.79 Å². The number of benzene rings is 1. The lowest BCUT2D eigenvalue weighted by Gasteiger charge is -2.06. The molecule has 0 fully saturated rings. The van der Waals surface area contributed by atoms with Crippen LogP contribution in [0.15, 0.2) is 66.4 Å². The molecule has 0 aliphatic rings. The Labute approximate surface area is 147 Å².